The van der Waals surface area contributed by atoms with Crippen LogP contribution in [0.1, 0.15) is 77.6 Å². The predicted octanol–water partition coefficient (Wildman–Crippen LogP) is 3.00. The van der Waals surface area contributed by atoms with Gasteiger partial charge in [0.15, 0.2) is 5.82 Å². The van der Waals surface area contributed by atoms with Gasteiger partial charge in [0.1, 0.15) is 5.69 Å². The molecule has 5 N–H and O–H groups in total. The number of aromatic nitrogens is 2. The molecule has 0 radical (unpaired) electrons. The van der Waals surface area contributed by atoms with Crippen LogP contribution < -0.4 is 21.5 Å². The van der Waals surface area contributed by atoms with Crippen LogP contribution >= 0.6 is 0 Å². The van der Waals surface area contributed by atoms with Crippen LogP contribution in [-0.2, 0) is 9.53 Å². The standard InChI is InChI=1S/C22H39N5O4/c1-2-3-4-5-6-7-8-9-10-11-18(29)31-15-17(12-13-28)14-27-16-24-19-20(27)25-22(23)26-21(19)30/h17,24,28H,2-16H2,1H3,(H3,23,25,26,30). The molecule has 0 aromatic carbocycles. The second-order valence-corrected chi connectivity index (χ2v) is 8.35. The zero-order valence-corrected chi connectivity index (χ0v) is 18.8. The molecule has 2 heterocycles. The van der Waals surface area contributed by atoms with Crippen molar-refractivity contribution in [2.75, 3.05) is 42.4 Å². The van der Waals surface area contributed by atoms with Crippen molar-refractivity contribution >= 4 is 23.4 Å². The average molecular weight is 438 g/mol. The highest BCUT2D eigenvalue weighted by Crippen LogP contribution is 2.26. The Hall–Kier alpha value is -2.29. The number of rotatable bonds is 16. The van der Waals surface area contributed by atoms with Crippen LogP contribution in [0.25, 0.3) is 0 Å². The Morgan fingerprint density at radius 3 is 2.55 bits per heavy atom. The summed E-state index contributed by atoms with van der Waals surface area (Å²) in [6, 6.07) is 0. The Kier molecular flexibility index (Phi) is 11.2. The lowest BCUT2D eigenvalue weighted by Crippen LogP contribution is -2.33. The first-order chi connectivity index (χ1) is 15.0. The van der Waals surface area contributed by atoms with Gasteiger partial charge in [-0.1, -0.05) is 58.3 Å². The largest absolute Gasteiger partial charge is 0.465 e. The van der Waals surface area contributed by atoms with E-state index in [0.717, 1.165) is 12.8 Å². The number of nitrogens with two attached hydrogens (primary N) is 1. The first-order valence-corrected chi connectivity index (χ1v) is 11.7. The Morgan fingerprint density at radius 2 is 1.87 bits per heavy atom. The summed E-state index contributed by atoms with van der Waals surface area (Å²) in [5.74, 6) is 0.297. The minimum Gasteiger partial charge on any atom is -0.465 e. The van der Waals surface area contributed by atoms with Gasteiger partial charge in [-0.2, -0.15) is 4.98 Å². The van der Waals surface area contributed by atoms with Crippen molar-refractivity contribution in [3.8, 4) is 0 Å². The number of hydrogen-bond donors (Lipinski definition) is 4. The number of H-pyrrole nitrogens is 1. The fourth-order valence-electron chi connectivity index (χ4n) is 3.85. The first-order valence-electron chi connectivity index (χ1n) is 11.7. The SMILES string of the molecule is CCCCCCCCCCCC(=O)OCC(CCO)CN1CNc2c1nc(N)[nH]c2=O. The third kappa shape index (κ3) is 8.77. The lowest BCUT2D eigenvalue weighted by Gasteiger charge is -2.23. The Balaban J connectivity index is 1.66. The Labute approximate surface area is 184 Å². The molecule has 0 spiro atoms. The highest BCUT2D eigenvalue weighted by atomic mass is 16.5. The molecule has 0 saturated carbocycles. The van der Waals surface area contributed by atoms with Crippen LogP contribution in [0.4, 0.5) is 17.5 Å². The number of carbonyl (C=O) groups excluding carboxylic acids is 1. The van der Waals surface area contributed by atoms with E-state index in [1.165, 1.54) is 44.9 Å². The predicted molar refractivity (Wildman–Crippen MR) is 123 cm³/mol. The van der Waals surface area contributed by atoms with Gasteiger partial charge in [0.25, 0.3) is 5.56 Å². The van der Waals surface area contributed by atoms with Crippen LogP contribution in [0.2, 0.25) is 0 Å². The number of esters is 1. The van der Waals surface area contributed by atoms with Gasteiger partial charge in [0.2, 0.25) is 5.95 Å². The summed E-state index contributed by atoms with van der Waals surface area (Å²) in [6.07, 6.45) is 11.8. The van der Waals surface area contributed by atoms with E-state index in [1.807, 2.05) is 4.90 Å². The zero-order valence-electron chi connectivity index (χ0n) is 18.8. The molecule has 2 rings (SSSR count). The average Bonchev–Trinajstić information content (AvgIpc) is 3.13. The molecule has 176 valence electrons. The fourth-order valence-corrected chi connectivity index (χ4v) is 3.85. The van der Waals surface area contributed by atoms with E-state index < -0.39 is 0 Å². The van der Waals surface area contributed by atoms with E-state index >= 15 is 0 Å². The summed E-state index contributed by atoms with van der Waals surface area (Å²) in [6.45, 7) is 3.38. The molecule has 0 saturated heterocycles. The molecule has 9 heteroatoms. The van der Waals surface area contributed by atoms with Crippen LogP contribution in [0.5, 0.6) is 0 Å². The number of nitrogens with one attached hydrogen (secondary N) is 2. The molecular weight excluding hydrogens is 398 g/mol. The number of nitrogens with zero attached hydrogens (tertiary/aromatic N) is 2. The second-order valence-electron chi connectivity index (χ2n) is 8.35. The quantitative estimate of drug-likeness (QED) is 0.229. The van der Waals surface area contributed by atoms with Crippen LogP contribution in [-0.4, -0.2) is 47.5 Å². The van der Waals surface area contributed by atoms with Gasteiger partial charge >= 0.3 is 5.97 Å². The molecule has 1 unspecified atom stereocenters. The van der Waals surface area contributed by atoms with Crippen molar-refractivity contribution < 1.29 is 14.6 Å². The molecule has 1 aromatic heterocycles. The first kappa shape index (κ1) is 25.0. The lowest BCUT2D eigenvalue weighted by atomic mass is 10.1. The maximum Gasteiger partial charge on any atom is 0.305 e. The van der Waals surface area contributed by atoms with E-state index in [9.17, 15) is 14.7 Å². The van der Waals surface area contributed by atoms with E-state index in [4.69, 9.17) is 10.5 Å². The topological polar surface area (TPSA) is 134 Å². The molecule has 1 aliphatic rings. The van der Waals surface area contributed by atoms with Gasteiger partial charge in [-0.3, -0.25) is 14.6 Å². The van der Waals surface area contributed by atoms with E-state index in [0.29, 0.717) is 37.6 Å². The van der Waals surface area contributed by atoms with Crippen molar-refractivity contribution in [3.05, 3.63) is 10.4 Å². The van der Waals surface area contributed by atoms with Gasteiger partial charge in [-0.05, 0) is 12.8 Å². The van der Waals surface area contributed by atoms with E-state index in [1.54, 1.807) is 0 Å². The number of aliphatic hydroxyl groups excluding tert-OH is 1. The molecule has 0 bridgehead atoms. The molecule has 9 nitrogen and oxygen atoms in total. The van der Waals surface area contributed by atoms with Gasteiger partial charge in [-0.25, -0.2) is 0 Å². The minimum atomic E-state index is -0.309. The van der Waals surface area contributed by atoms with Crippen molar-refractivity contribution in [2.24, 2.45) is 5.92 Å². The van der Waals surface area contributed by atoms with Crippen LogP contribution in [0, 0.1) is 5.92 Å². The van der Waals surface area contributed by atoms with Crippen molar-refractivity contribution in [2.45, 2.75) is 77.6 Å². The third-order valence-electron chi connectivity index (χ3n) is 5.65. The maximum absolute atomic E-state index is 12.1. The Morgan fingerprint density at radius 1 is 1.19 bits per heavy atom. The van der Waals surface area contributed by atoms with Crippen molar-refractivity contribution in [1.82, 2.24) is 9.97 Å². The highest BCUT2D eigenvalue weighted by Gasteiger charge is 2.26. The molecule has 1 aromatic rings. The summed E-state index contributed by atoms with van der Waals surface area (Å²) >= 11 is 0. The number of nitrogen functional groups attached to an aromatic ring is 1. The minimum absolute atomic E-state index is 0.000457. The molecule has 0 fully saturated rings. The molecule has 1 aliphatic heterocycles. The number of fused-ring (bicyclic) bond motifs is 1. The molecule has 0 amide bonds. The number of unbranched alkanes of at least 4 members (excludes halogenated alkanes) is 8. The molecule has 1 atom stereocenters. The van der Waals surface area contributed by atoms with Gasteiger partial charge in [0, 0.05) is 25.5 Å². The lowest BCUT2D eigenvalue weighted by molar-refractivity contribution is -0.145. The maximum atomic E-state index is 12.1. The summed E-state index contributed by atoms with van der Waals surface area (Å²) < 4.78 is 5.46. The Bertz CT molecular complexity index is 724. The number of anilines is 3. The van der Waals surface area contributed by atoms with Crippen molar-refractivity contribution in [3.63, 3.8) is 0 Å². The smallest absolute Gasteiger partial charge is 0.305 e. The number of hydrogen-bond acceptors (Lipinski definition) is 8. The molecule has 0 aliphatic carbocycles. The second kappa shape index (κ2) is 13.9. The normalized spacial score (nSPS) is 13.7. The fraction of sp³-hybridized carbons (Fsp3) is 0.773. The van der Waals surface area contributed by atoms with Gasteiger partial charge in [0.05, 0.1) is 13.3 Å². The summed E-state index contributed by atoms with van der Waals surface area (Å²) in [5.41, 5.74) is 5.73. The monoisotopic (exact) mass is 437 g/mol. The van der Waals surface area contributed by atoms with Crippen molar-refractivity contribution in [1.29, 1.82) is 0 Å². The molecular formula is C22H39N5O4. The summed E-state index contributed by atoms with van der Waals surface area (Å²) in [7, 11) is 0. The number of aromatic amines is 1. The van der Waals surface area contributed by atoms with Gasteiger partial charge in [-0.15, -0.1) is 0 Å². The van der Waals surface area contributed by atoms with Crippen LogP contribution in [0.15, 0.2) is 4.79 Å². The van der Waals surface area contributed by atoms with Crippen LogP contribution in [0.3, 0.4) is 0 Å². The third-order valence-corrected chi connectivity index (χ3v) is 5.65. The van der Waals surface area contributed by atoms with Gasteiger partial charge < -0.3 is 25.8 Å². The number of carbonyl (C=O) groups is 1. The van der Waals surface area contributed by atoms with E-state index in [-0.39, 0.29) is 36.6 Å². The summed E-state index contributed by atoms with van der Waals surface area (Å²) in [4.78, 5) is 32.6. The molecule has 31 heavy (non-hydrogen) atoms. The highest BCUT2D eigenvalue weighted by molar-refractivity contribution is 5.71. The number of aliphatic hydroxyl groups is 1. The summed E-state index contributed by atoms with van der Waals surface area (Å²) in [5, 5.41) is 12.4. The zero-order chi connectivity index (χ0) is 22.5. The number of ether oxygens (including phenoxy) is 1. The van der Waals surface area contributed by atoms with E-state index in [2.05, 4.69) is 22.2 Å².